The third kappa shape index (κ3) is 5.25. The molecule has 2 atom stereocenters. The average molecular weight is 383 g/mol. The highest BCUT2D eigenvalue weighted by molar-refractivity contribution is 5.96. The van der Waals surface area contributed by atoms with E-state index in [1.807, 2.05) is 13.8 Å². The molecular weight excluding hydrogens is 354 g/mol. The van der Waals surface area contributed by atoms with E-state index in [0.29, 0.717) is 0 Å². The van der Waals surface area contributed by atoms with Gasteiger partial charge in [0.25, 0.3) is 5.91 Å². The SMILES string of the molecule is Cc1cnc(C(=O)NC(C(=O)N[C@H](C)C2=CCCC=C2)C2CCNCC2)cn1. The minimum absolute atomic E-state index is 0.0895. The number of piperidine rings is 1. The van der Waals surface area contributed by atoms with E-state index in [1.165, 1.54) is 6.20 Å². The molecule has 1 aliphatic carbocycles. The molecule has 1 fully saturated rings. The second kappa shape index (κ2) is 9.59. The lowest BCUT2D eigenvalue weighted by Crippen LogP contribution is -2.54. The summed E-state index contributed by atoms with van der Waals surface area (Å²) in [6.45, 7) is 5.48. The van der Waals surface area contributed by atoms with E-state index < -0.39 is 6.04 Å². The van der Waals surface area contributed by atoms with Gasteiger partial charge in [0.05, 0.1) is 17.9 Å². The van der Waals surface area contributed by atoms with E-state index in [2.05, 4.69) is 44.1 Å². The van der Waals surface area contributed by atoms with Gasteiger partial charge in [-0.2, -0.15) is 0 Å². The van der Waals surface area contributed by atoms with Gasteiger partial charge in [-0.05, 0) is 64.1 Å². The summed E-state index contributed by atoms with van der Waals surface area (Å²) in [5, 5.41) is 9.30. The average Bonchev–Trinajstić information content (AvgIpc) is 2.73. The summed E-state index contributed by atoms with van der Waals surface area (Å²) in [7, 11) is 0. The number of carbonyl (C=O) groups excluding carboxylic acids is 2. The van der Waals surface area contributed by atoms with Gasteiger partial charge in [0.15, 0.2) is 0 Å². The number of allylic oxidation sites excluding steroid dienone is 2. The van der Waals surface area contributed by atoms with E-state index in [-0.39, 0.29) is 29.5 Å². The number of hydrogen-bond acceptors (Lipinski definition) is 5. The van der Waals surface area contributed by atoms with E-state index in [0.717, 1.165) is 50.0 Å². The standard InChI is InChI=1S/C21H29N5O2/c1-14-12-24-18(13-23-14)20(27)26-19(17-8-10-22-11-9-17)21(28)25-15(2)16-6-4-3-5-7-16/h4,6-7,12-13,15,17,19,22H,3,5,8-11H2,1-2H3,(H,25,28)(H,26,27)/t15-,19?/m1/s1. The van der Waals surface area contributed by atoms with E-state index in [1.54, 1.807) is 6.20 Å². The summed E-state index contributed by atoms with van der Waals surface area (Å²) in [5.74, 6) is -0.421. The van der Waals surface area contributed by atoms with Gasteiger partial charge in [0.2, 0.25) is 5.91 Å². The minimum Gasteiger partial charge on any atom is -0.348 e. The Labute approximate surface area is 166 Å². The molecule has 1 saturated heterocycles. The highest BCUT2D eigenvalue weighted by Gasteiger charge is 2.32. The molecule has 0 bridgehead atoms. The summed E-state index contributed by atoms with van der Waals surface area (Å²) in [5.41, 5.74) is 2.08. The molecule has 7 nitrogen and oxygen atoms in total. The Balaban J connectivity index is 1.71. The normalized spacial score (nSPS) is 19.4. The highest BCUT2D eigenvalue weighted by Crippen LogP contribution is 2.19. The third-order valence-electron chi connectivity index (χ3n) is 5.32. The van der Waals surface area contributed by atoms with Crippen LogP contribution in [0.1, 0.15) is 48.8 Å². The van der Waals surface area contributed by atoms with Crippen LogP contribution in [0.25, 0.3) is 0 Å². The van der Waals surface area contributed by atoms with Crippen molar-refractivity contribution in [1.29, 1.82) is 0 Å². The monoisotopic (exact) mass is 383 g/mol. The largest absolute Gasteiger partial charge is 0.348 e. The van der Waals surface area contributed by atoms with Gasteiger partial charge in [-0.15, -0.1) is 0 Å². The molecule has 1 aromatic heterocycles. The molecule has 0 aromatic carbocycles. The molecule has 2 aliphatic rings. The van der Waals surface area contributed by atoms with Crippen molar-refractivity contribution in [3.05, 3.63) is 47.6 Å². The zero-order valence-electron chi connectivity index (χ0n) is 16.6. The van der Waals surface area contributed by atoms with Gasteiger partial charge in [0.1, 0.15) is 11.7 Å². The Morgan fingerprint density at radius 3 is 2.57 bits per heavy atom. The molecule has 0 radical (unpaired) electrons. The summed E-state index contributed by atoms with van der Waals surface area (Å²) in [4.78, 5) is 34.0. The number of rotatable bonds is 6. The number of aryl methyl sites for hydroxylation is 1. The first kappa shape index (κ1) is 20.2. The number of carbonyl (C=O) groups is 2. The van der Waals surface area contributed by atoms with Crippen LogP contribution in [0.3, 0.4) is 0 Å². The topological polar surface area (TPSA) is 96.0 Å². The Morgan fingerprint density at radius 2 is 1.93 bits per heavy atom. The number of amides is 2. The molecule has 1 aliphatic heterocycles. The molecule has 3 rings (SSSR count). The van der Waals surface area contributed by atoms with Gasteiger partial charge >= 0.3 is 0 Å². The van der Waals surface area contributed by atoms with Crippen LogP contribution in [0.5, 0.6) is 0 Å². The molecule has 28 heavy (non-hydrogen) atoms. The third-order valence-corrected chi connectivity index (χ3v) is 5.32. The fourth-order valence-corrected chi connectivity index (χ4v) is 3.64. The lowest BCUT2D eigenvalue weighted by Gasteiger charge is -2.31. The lowest BCUT2D eigenvalue weighted by molar-refractivity contribution is -0.124. The molecule has 2 heterocycles. The quantitative estimate of drug-likeness (QED) is 0.694. The summed E-state index contributed by atoms with van der Waals surface area (Å²) >= 11 is 0. The number of nitrogens with one attached hydrogen (secondary N) is 3. The lowest BCUT2D eigenvalue weighted by atomic mass is 9.89. The summed E-state index contributed by atoms with van der Waals surface area (Å²) < 4.78 is 0. The Kier molecular flexibility index (Phi) is 6.92. The Hall–Kier alpha value is -2.54. The van der Waals surface area contributed by atoms with Gasteiger partial charge in [-0.25, -0.2) is 4.98 Å². The predicted octanol–water partition coefficient (Wildman–Crippen LogP) is 1.66. The van der Waals surface area contributed by atoms with Gasteiger partial charge in [0, 0.05) is 6.20 Å². The first-order valence-electron chi connectivity index (χ1n) is 10.0. The smallest absolute Gasteiger partial charge is 0.272 e. The van der Waals surface area contributed by atoms with Crippen molar-refractivity contribution in [3.8, 4) is 0 Å². The fourth-order valence-electron chi connectivity index (χ4n) is 3.64. The van der Waals surface area contributed by atoms with Crippen LogP contribution in [0, 0.1) is 12.8 Å². The van der Waals surface area contributed by atoms with Crippen molar-refractivity contribution < 1.29 is 9.59 Å². The van der Waals surface area contributed by atoms with Crippen LogP contribution in [-0.2, 0) is 4.79 Å². The van der Waals surface area contributed by atoms with Crippen molar-refractivity contribution in [3.63, 3.8) is 0 Å². The Bertz CT molecular complexity index is 751. The maximum Gasteiger partial charge on any atom is 0.272 e. The van der Waals surface area contributed by atoms with Crippen LogP contribution in [0.15, 0.2) is 36.2 Å². The van der Waals surface area contributed by atoms with E-state index in [4.69, 9.17) is 0 Å². The van der Waals surface area contributed by atoms with Crippen LogP contribution >= 0.6 is 0 Å². The second-order valence-corrected chi connectivity index (χ2v) is 7.50. The van der Waals surface area contributed by atoms with Crippen molar-refractivity contribution in [1.82, 2.24) is 25.9 Å². The van der Waals surface area contributed by atoms with Crippen molar-refractivity contribution in [2.75, 3.05) is 13.1 Å². The zero-order valence-corrected chi connectivity index (χ0v) is 16.6. The first-order valence-corrected chi connectivity index (χ1v) is 10.0. The highest BCUT2D eigenvalue weighted by atomic mass is 16.2. The molecule has 3 N–H and O–H groups in total. The fraction of sp³-hybridized carbons (Fsp3) is 0.524. The molecular formula is C21H29N5O2. The van der Waals surface area contributed by atoms with Crippen molar-refractivity contribution in [2.45, 2.75) is 51.6 Å². The summed E-state index contributed by atoms with van der Waals surface area (Å²) in [6, 6.07) is -0.683. The first-order chi connectivity index (χ1) is 13.5. The molecule has 1 unspecified atom stereocenters. The van der Waals surface area contributed by atoms with Crippen LogP contribution in [-0.4, -0.2) is 47.0 Å². The maximum absolute atomic E-state index is 13.1. The molecule has 0 spiro atoms. The Morgan fingerprint density at radius 1 is 1.14 bits per heavy atom. The number of hydrogen-bond donors (Lipinski definition) is 3. The van der Waals surface area contributed by atoms with E-state index >= 15 is 0 Å². The van der Waals surface area contributed by atoms with E-state index in [9.17, 15) is 9.59 Å². The van der Waals surface area contributed by atoms with Gasteiger partial charge in [-0.1, -0.05) is 18.2 Å². The van der Waals surface area contributed by atoms with Crippen molar-refractivity contribution >= 4 is 11.8 Å². The zero-order chi connectivity index (χ0) is 19.9. The van der Waals surface area contributed by atoms with Crippen LogP contribution in [0.4, 0.5) is 0 Å². The predicted molar refractivity (Wildman–Crippen MR) is 108 cm³/mol. The molecule has 1 aromatic rings. The van der Waals surface area contributed by atoms with Gasteiger partial charge < -0.3 is 16.0 Å². The molecule has 7 heteroatoms. The maximum atomic E-state index is 13.1. The van der Waals surface area contributed by atoms with Crippen LogP contribution in [0.2, 0.25) is 0 Å². The molecule has 0 saturated carbocycles. The van der Waals surface area contributed by atoms with Gasteiger partial charge in [-0.3, -0.25) is 14.6 Å². The summed E-state index contributed by atoms with van der Waals surface area (Å²) in [6.07, 6.45) is 13.1. The number of nitrogens with zero attached hydrogens (tertiary/aromatic N) is 2. The number of aromatic nitrogens is 2. The second-order valence-electron chi connectivity index (χ2n) is 7.50. The van der Waals surface area contributed by atoms with Crippen molar-refractivity contribution in [2.24, 2.45) is 5.92 Å². The molecule has 2 amide bonds. The molecule has 150 valence electrons. The minimum atomic E-state index is -0.590. The van der Waals surface area contributed by atoms with Crippen LogP contribution < -0.4 is 16.0 Å².